The molecule has 0 amide bonds. The summed E-state index contributed by atoms with van der Waals surface area (Å²) in [5.74, 6) is -0.807. The maximum absolute atomic E-state index is 12.1. The van der Waals surface area contributed by atoms with Crippen molar-refractivity contribution in [2.75, 3.05) is 72.4 Å². The molecular formula is C32H37N3O8. The van der Waals surface area contributed by atoms with Gasteiger partial charge in [-0.1, -0.05) is 6.07 Å². The molecule has 0 fully saturated rings. The summed E-state index contributed by atoms with van der Waals surface area (Å²) >= 11 is 0. The Labute approximate surface area is 250 Å². The number of carboxylic acids is 1. The monoisotopic (exact) mass is 591 g/mol. The van der Waals surface area contributed by atoms with Gasteiger partial charge in [0.15, 0.2) is 0 Å². The Morgan fingerprint density at radius 2 is 1.51 bits per heavy atom. The van der Waals surface area contributed by atoms with Crippen LogP contribution in [0, 0.1) is 0 Å². The second-order valence-electron chi connectivity index (χ2n) is 10.0. The van der Waals surface area contributed by atoms with Gasteiger partial charge in [-0.05, 0) is 42.8 Å². The van der Waals surface area contributed by atoms with E-state index in [0.717, 1.165) is 51.4 Å². The predicted octanol–water partition coefficient (Wildman–Crippen LogP) is 2.22. The van der Waals surface area contributed by atoms with E-state index < -0.39 is 17.9 Å². The Morgan fingerprint density at radius 3 is 2.05 bits per heavy atom. The first-order valence-electron chi connectivity index (χ1n) is 13.3. The van der Waals surface area contributed by atoms with Crippen LogP contribution in [0.4, 0.5) is 11.4 Å². The smallest absolute Gasteiger partial charge is 0.325 e. The molecule has 0 saturated heterocycles. The van der Waals surface area contributed by atoms with Crippen molar-refractivity contribution >= 4 is 40.3 Å². The minimum atomic E-state index is -1.08. The molecule has 0 spiro atoms. The van der Waals surface area contributed by atoms with Crippen molar-refractivity contribution in [2.45, 2.75) is 6.92 Å². The zero-order chi connectivity index (χ0) is 31.8. The summed E-state index contributed by atoms with van der Waals surface area (Å²) in [5, 5.41) is 10.9. The molecule has 0 atom stereocenters. The summed E-state index contributed by atoms with van der Waals surface area (Å²) in [7, 11) is 12.1. The SMILES string of the molecule is CC(=O)[O-].COC(=O)CN(CC(=O)OC)c1ccc(-c2c3ccc(=[N+](C)C)cc-3oc3cc(N(C)C)ccc23)cc1OC. The molecule has 2 aromatic carbocycles. The van der Waals surface area contributed by atoms with Crippen LogP contribution in [0.2, 0.25) is 0 Å². The normalized spacial score (nSPS) is 10.4. The van der Waals surface area contributed by atoms with Crippen LogP contribution in [-0.2, 0) is 23.9 Å². The molecule has 1 aliphatic heterocycles. The predicted molar refractivity (Wildman–Crippen MR) is 163 cm³/mol. The molecular weight excluding hydrogens is 554 g/mol. The van der Waals surface area contributed by atoms with Crippen molar-refractivity contribution in [1.82, 2.24) is 4.58 Å². The largest absolute Gasteiger partial charge is 0.550 e. The standard InChI is InChI=1S/C30H34N3O6.C2H4O2/c1-31(2)20-9-11-22-25(15-20)39-26-16-21(32(3)4)10-12-23(26)30(22)19-8-13-24(27(14-19)36-5)33(17-28(34)37-6)18-29(35)38-7;1-2(3)4/h8-16H,17-18H2,1-7H3;1H3,(H,3,4)/q+1;/p-1. The number of benzene rings is 3. The zero-order valence-electron chi connectivity index (χ0n) is 25.7. The molecule has 4 rings (SSSR count). The molecule has 228 valence electrons. The van der Waals surface area contributed by atoms with Gasteiger partial charge in [0.25, 0.3) is 0 Å². The van der Waals surface area contributed by atoms with Crippen molar-refractivity contribution in [3.8, 4) is 28.2 Å². The van der Waals surface area contributed by atoms with Crippen molar-refractivity contribution in [2.24, 2.45) is 0 Å². The molecule has 1 heterocycles. The van der Waals surface area contributed by atoms with E-state index in [9.17, 15) is 9.59 Å². The number of aliphatic carboxylic acids is 1. The lowest BCUT2D eigenvalue weighted by atomic mass is 9.93. The Bertz CT molecular complexity index is 1650. The van der Waals surface area contributed by atoms with E-state index in [1.807, 2.05) is 68.0 Å². The molecule has 11 heteroatoms. The number of carbonyl (C=O) groups excluding carboxylic acids is 3. The Hall–Kier alpha value is -5.06. The topological polar surface area (TPSA) is 125 Å². The van der Waals surface area contributed by atoms with Crippen molar-refractivity contribution in [1.29, 1.82) is 0 Å². The first kappa shape index (κ1) is 32.5. The fourth-order valence-electron chi connectivity index (χ4n) is 4.50. The maximum atomic E-state index is 12.1. The highest BCUT2D eigenvalue weighted by molar-refractivity contribution is 6.03. The first-order valence-corrected chi connectivity index (χ1v) is 13.3. The van der Waals surface area contributed by atoms with Crippen LogP contribution >= 0.6 is 0 Å². The summed E-state index contributed by atoms with van der Waals surface area (Å²) in [4.78, 5) is 36.7. The number of nitrogens with zero attached hydrogens (tertiary/aromatic N) is 3. The lowest BCUT2D eigenvalue weighted by molar-refractivity contribution is -0.302. The van der Waals surface area contributed by atoms with Crippen molar-refractivity contribution in [3.05, 3.63) is 60.0 Å². The molecule has 0 radical (unpaired) electrons. The highest BCUT2D eigenvalue weighted by atomic mass is 16.5. The van der Waals surface area contributed by atoms with Gasteiger partial charge >= 0.3 is 11.9 Å². The molecule has 0 unspecified atom stereocenters. The summed E-state index contributed by atoms with van der Waals surface area (Å²) in [6, 6.07) is 18.0. The highest BCUT2D eigenvalue weighted by Gasteiger charge is 2.23. The number of methoxy groups -OCH3 is 3. The van der Waals surface area contributed by atoms with E-state index in [1.54, 1.807) is 12.0 Å². The molecule has 2 aromatic rings. The summed E-state index contributed by atoms with van der Waals surface area (Å²) in [5.41, 5.74) is 5.17. The van der Waals surface area contributed by atoms with E-state index >= 15 is 0 Å². The highest BCUT2D eigenvalue weighted by Crippen LogP contribution is 2.43. The molecule has 1 aliphatic carbocycles. The molecule has 0 aromatic heterocycles. The van der Waals surface area contributed by atoms with E-state index in [4.69, 9.17) is 28.5 Å². The lowest BCUT2D eigenvalue weighted by Crippen LogP contribution is -2.35. The van der Waals surface area contributed by atoms with Gasteiger partial charge in [-0.25, -0.2) is 4.58 Å². The van der Waals surface area contributed by atoms with Gasteiger partial charge in [0, 0.05) is 54.4 Å². The minimum Gasteiger partial charge on any atom is -0.550 e. The number of anilines is 2. The van der Waals surface area contributed by atoms with Crippen LogP contribution in [0.1, 0.15) is 6.92 Å². The van der Waals surface area contributed by atoms with Gasteiger partial charge in [-0.2, -0.15) is 0 Å². The van der Waals surface area contributed by atoms with Crippen molar-refractivity contribution < 1.29 is 38.1 Å². The summed E-state index contributed by atoms with van der Waals surface area (Å²) in [6.45, 7) is 0.690. The molecule has 0 bridgehead atoms. The minimum absolute atomic E-state index is 0.141. The number of rotatable bonds is 8. The second kappa shape index (κ2) is 14.2. The van der Waals surface area contributed by atoms with Crippen LogP contribution < -0.4 is 29.6 Å². The number of hydrogen-bond acceptors (Lipinski definition) is 10. The fraction of sp³-hybridized carbons (Fsp3) is 0.312. The Balaban J connectivity index is 0.00000119. The van der Waals surface area contributed by atoms with Crippen LogP contribution in [-0.4, -0.2) is 80.5 Å². The fourth-order valence-corrected chi connectivity index (χ4v) is 4.50. The summed E-state index contributed by atoms with van der Waals surface area (Å²) in [6.07, 6.45) is 0. The number of esters is 2. The molecule has 11 nitrogen and oxygen atoms in total. The quantitative estimate of drug-likeness (QED) is 0.171. The Morgan fingerprint density at radius 1 is 0.884 bits per heavy atom. The number of fused-ring (bicyclic) bond motifs is 2. The van der Waals surface area contributed by atoms with Crippen LogP contribution in [0.3, 0.4) is 0 Å². The lowest BCUT2D eigenvalue weighted by Gasteiger charge is -2.25. The van der Waals surface area contributed by atoms with Gasteiger partial charge in [-0.3, -0.25) is 9.59 Å². The van der Waals surface area contributed by atoms with Crippen LogP contribution in [0.5, 0.6) is 5.75 Å². The van der Waals surface area contributed by atoms with Gasteiger partial charge < -0.3 is 38.3 Å². The van der Waals surface area contributed by atoms with E-state index in [2.05, 4.69) is 24.3 Å². The average molecular weight is 592 g/mol. The molecule has 43 heavy (non-hydrogen) atoms. The molecule has 0 N–H and O–H groups in total. The summed E-state index contributed by atoms with van der Waals surface area (Å²) < 4.78 is 23.9. The van der Waals surface area contributed by atoms with E-state index in [0.29, 0.717) is 11.4 Å². The average Bonchev–Trinajstić information content (AvgIpc) is 2.97. The number of ether oxygens (including phenoxy) is 3. The third-order valence-electron chi connectivity index (χ3n) is 6.63. The number of carbonyl (C=O) groups is 3. The first-order chi connectivity index (χ1) is 20.4. The van der Waals surface area contributed by atoms with E-state index in [1.165, 1.54) is 14.2 Å². The van der Waals surface area contributed by atoms with Gasteiger partial charge in [-0.15, -0.1) is 0 Å². The number of carboxylic acid groups (broad SMARTS) is 1. The van der Waals surface area contributed by atoms with E-state index in [-0.39, 0.29) is 13.1 Å². The van der Waals surface area contributed by atoms with Gasteiger partial charge in [0.05, 0.1) is 33.1 Å². The second-order valence-corrected chi connectivity index (χ2v) is 10.0. The third-order valence-corrected chi connectivity index (χ3v) is 6.63. The van der Waals surface area contributed by atoms with Crippen molar-refractivity contribution in [3.63, 3.8) is 0 Å². The van der Waals surface area contributed by atoms with Gasteiger partial charge in [0.1, 0.15) is 44.3 Å². The van der Waals surface area contributed by atoms with Crippen LogP contribution in [0.15, 0.2) is 59.0 Å². The Kier molecular flexibility index (Phi) is 10.7. The maximum Gasteiger partial charge on any atom is 0.325 e. The van der Waals surface area contributed by atoms with Gasteiger partial charge in [0.2, 0.25) is 5.36 Å². The number of hydrogen-bond donors (Lipinski definition) is 0. The molecule has 0 saturated carbocycles. The zero-order valence-corrected chi connectivity index (χ0v) is 25.7. The van der Waals surface area contributed by atoms with Crippen LogP contribution in [0.25, 0.3) is 33.4 Å². The third kappa shape index (κ3) is 7.82. The molecule has 2 aliphatic rings.